The van der Waals surface area contributed by atoms with Crippen molar-refractivity contribution in [2.45, 2.75) is 6.54 Å². The highest BCUT2D eigenvalue weighted by molar-refractivity contribution is 5.64. The molecule has 0 amide bonds. The molecule has 1 N–H and O–H groups in total. The number of aromatic nitrogens is 1. The van der Waals surface area contributed by atoms with E-state index in [1.807, 2.05) is 12.2 Å². The zero-order valence-electron chi connectivity index (χ0n) is 9.27. The number of nitrogens with one attached hydrogen (secondary N) is 1. The molecule has 0 saturated heterocycles. The minimum atomic E-state index is 0.919. The lowest BCUT2D eigenvalue weighted by Gasteiger charge is -2.25. The van der Waals surface area contributed by atoms with Gasteiger partial charge in [0.1, 0.15) is 5.35 Å². The van der Waals surface area contributed by atoms with E-state index in [-0.39, 0.29) is 0 Å². The van der Waals surface area contributed by atoms with Gasteiger partial charge in [-0.25, -0.2) is 0 Å². The number of H-pyrrole nitrogens is 1. The molecule has 0 saturated carbocycles. The van der Waals surface area contributed by atoms with Gasteiger partial charge in [0, 0.05) is 30.1 Å². The molecule has 1 aromatic rings. The van der Waals surface area contributed by atoms with Gasteiger partial charge in [-0.2, -0.15) is 0 Å². The summed E-state index contributed by atoms with van der Waals surface area (Å²) in [5.74, 6) is 0. The second-order valence-electron chi connectivity index (χ2n) is 4.37. The minimum absolute atomic E-state index is 0.919. The van der Waals surface area contributed by atoms with E-state index in [2.05, 4.69) is 52.5 Å². The molecule has 2 nitrogen and oxygen atoms in total. The first-order valence-electron chi connectivity index (χ1n) is 5.76. The van der Waals surface area contributed by atoms with Crippen molar-refractivity contribution in [2.24, 2.45) is 0 Å². The Kier molecular flexibility index (Phi) is 1.60. The van der Waals surface area contributed by atoms with E-state index in [0.717, 1.165) is 6.54 Å². The molecule has 0 bridgehead atoms. The number of aromatic amines is 1. The molecule has 0 unspecified atom stereocenters. The predicted octanol–water partition coefficient (Wildman–Crippen LogP) is 1.26. The quantitative estimate of drug-likeness (QED) is 0.651. The molecular weight excluding hydrogens is 208 g/mol. The summed E-state index contributed by atoms with van der Waals surface area (Å²) < 4.78 is 0. The van der Waals surface area contributed by atoms with Gasteiger partial charge >= 0.3 is 0 Å². The number of hydrogen-bond acceptors (Lipinski definition) is 1. The highest BCUT2D eigenvalue weighted by Gasteiger charge is 2.23. The van der Waals surface area contributed by atoms with Gasteiger partial charge < -0.3 is 9.88 Å². The molecule has 3 aliphatic rings. The fraction of sp³-hybridized carbons (Fsp3) is 0.0667. The van der Waals surface area contributed by atoms with Crippen molar-refractivity contribution in [3.63, 3.8) is 0 Å². The van der Waals surface area contributed by atoms with E-state index in [1.165, 1.54) is 27.5 Å². The molecule has 3 heterocycles. The zero-order chi connectivity index (χ0) is 11.2. The first kappa shape index (κ1) is 8.80. The second-order valence-corrected chi connectivity index (χ2v) is 4.37. The zero-order valence-corrected chi connectivity index (χ0v) is 9.27. The summed E-state index contributed by atoms with van der Waals surface area (Å²) >= 11 is 0. The smallest absolute Gasteiger partial charge is 0.178 e. The average Bonchev–Trinajstić information content (AvgIpc) is 2.73. The standard InChI is InChI=1S/C15H11N2/c1-2-7-14-12(6-1)13-10-17-8-4-3-5-11(17)9-15(13)16-14/h1-5,7-9,16H,10H2/q+1. The van der Waals surface area contributed by atoms with E-state index in [9.17, 15) is 0 Å². The number of hydrogen-bond donors (Lipinski definition) is 1. The molecule has 1 aliphatic carbocycles. The lowest BCUT2D eigenvalue weighted by molar-refractivity contribution is 0.465. The summed E-state index contributed by atoms with van der Waals surface area (Å²) in [5.41, 5.74) is 3.80. The molecule has 2 aliphatic heterocycles. The van der Waals surface area contributed by atoms with E-state index in [0.29, 0.717) is 0 Å². The SMILES string of the molecule is [C+]1=c2c3c([nH]c2=CC=C1)C=C1C=CC=CN1C3. The fourth-order valence-electron chi connectivity index (χ4n) is 2.52. The van der Waals surface area contributed by atoms with Gasteiger partial charge in [0.05, 0.1) is 23.9 Å². The van der Waals surface area contributed by atoms with Gasteiger partial charge in [-0.05, 0) is 18.2 Å². The van der Waals surface area contributed by atoms with E-state index in [1.54, 1.807) is 0 Å². The van der Waals surface area contributed by atoms with Gasteiger partial charge in [0.2, 0.25) is 0 Å². The maximum Gasteiger partial charge on any atom is 0.178 e. The molecule has 17 heavy (non-hydrogen) atoms. The summed E-state index contributed by atoms with van der Waals surface area (Å²) in [4.78, 5) is 5.72. The van der Waals surface area contributed by atoms with Crippen LogP contribution in [0, 0.1) is 0 Å². The third kappa shape index (κ3) is 1.19. The maximum atomic E-state index is 3.46. The second kappa shape index (κ2) is 3.09. The number of fused-ring (bicyclic) bond motifs is 4. The van der Waals surface area contributed by atoms with Crippen LogP contribution in [0.2, 0.25) is 0 Å². The largest absolute Gasteiger partial charge is 0.335 e. The lowest BCUT2D eigenvalue weighted by atomic mass is 10.1. The molecule has 1 aromatic heterocycles. The number of nitrogens with zero attached hydrogens (tertiary/aromatic N) is 1. The first-order valence-corrected chi connectivity index (χ1v) is 5.76. The topological polar surface area (TPSA) is 19.0 Å². The summed E-state index contributed by atoms with van der Waals surface area (Å²) in [6.45, 7) is 0.919. The first-order chi connectivity index (χ1) is 8.42. The third-order valence-corrected chi connectivity index (χ3v) is 3.35. The molecule has 0 radical (unpaired) electrons. The summed E-state index contributed by atoms with van der Waals surface area (Å²) in [7, 11) is 0. The molecule has 0 atom stereocenters. The summed E-state index contributed by atoms with van der Waals surface area (Å²) in [5, 5.41) is 2.38. The summed E-state index contributed by atoms with van der Waals surface area (Å²) in [6.07, 6.45) is 20.0. The van der Waals surface area contributed by atoms with Crippen molar-refractivity contribution in [3.05, 3.63) is 64.1 Å². The number of rotatable bonds is 0. The van der Waals surface area contributed by atoms with E-state index >= 15 is 0 Å². The highest BCUT2D eigenvalue weighted by Crippen LogP contribution is 2.24. The highest BCUT2D eigenvalue weighted by atomic mass is 15.1. The molecule has 0 aromatic carbocycles. The van der Waals surface area contributed by atoms with E-state index in [4.69, 9.17) is 0 Å². The van der Waals surface area contributed by atoms with Crippen molar-refractivity contribution in [2.75, 3.05) is 0 Å². The van der Waals surface area contributed by atoms with Crippen molar-refractivity contribution in [3.8, 4) is 0 Å². The van der Waals surface area contributed by atoms with Crippen LogP contribution in [0.3, 0.4) is 0 Å². The molecular formula is C15H11N2+. The van der Waals surface area contributed by atoms with Crippen molar-refractivity contribution in [1.29, 1.82) is 0 Å². The van der Waals surface area contributed by atoms with Crippen LogP contribution in [-0.4, -0.2) is 9.88 Å². The van der Waals surface area contributed by atoms with Crippen molar-refractivity contribution < 1.29 is 0 Å². The Hall–Kier alpha value is -2.31. The van der Waals surface area contributed by atoms with Crippen LogP contribution in [0.1, 0.15) is 11.3 Å². The van der Waals surface area contributed by atoms with Crippen LogP contribution in [0.25, 0.3) is 18.2 Å². The Labute approximate surface area is 99.3 Å². The van der Waals surface area contributed by atoms with Crippen LogP contribution < -0.4 is 10.6 Å². The summed E-state index contributed by atoms with van der Waals surface area (Å²) in [6, 6.07) is 0. The minimum Gasteiger partial charge on any atom is -0.335 e. The third-order valence-electron chi connectivity index (χ3n) is 3.35. The van der Waals surface area contributed by atoms with Crippen molar-refractivity contribution >= 4 is 18.2 Å². The molecule has 0 spiro atoms. The lowest BCUT2D eigenvalue weighted by Crippen LogP contribution is -2.29. The van der Waals surface area contributed by atoms with Crippen LogP contribution in [0.5, 0.6) is 0 Å². The molecule has 4 rings (SSSR count). The van der Waals surface area contributed by atoms with Gasteiger partial charge in [-0.3, -0.25) is 0 Å². The van der Waals surface area contributed by atoms with Gasteiger partial charge in [-0.15, -0.1) is 0 Å². The Morgan fingerprint density at radius 2 is 2.24 bits per heavy atom. The van der Waals surface area contributed by atoms with Crippen LogP contribution in [0.15, 0.2) is 42.3 Å². The Morgan fingerprint density at radius 3 is 3.24 bits per heavy atom. The molecule has 80 valence electrons. The van der Waals surface area contributed by atoms with Crippen LogP contribution in [0.4, 0.5) is 0 Å². The van der Waals surface area contributed by atoms with Crippen LogP contribution in [-0.2, 0) is 6.54 Å². The molecule has 0 fully saturated rings. The fourth-order valence-corrected chi connectivity index (χ4v) is 2.52. The Bertz CT molecular complexity index is 724. The van der Waals surface area contributed by atoms with Crippen LogP contribution >= 0.6 is 0 Å². The maximum absolute atomic E-state index is 3.46. The normalized spacial score (nSPS) is 18.4. The van der Waals surface area contributed by atoms with Gasteiger partial charge in [-0.1, -0.05) is 6.08 Å². The van der Waals surface area contributed by atoms with Gasteiger partial charge in [0.15, 0.2) is 5.22 Å². The van der Waals surface area contributed by atoms with Crippen molar-refractivity contribution in [1.82, 2.24) is 9.88 Å². The Balaban J connectivity index is 1.99. The average molecular weight is 219 g/mol. The molecule has 2 heteroatoms. The van der Waals surface area contributed by atoms with E-state index < -0.39 is 0 Å². The number of allylic oxidation sites excluding steroid dienone is 5. The Morgan fingerprint density at radius 1 is 1.24 bits per heavy atom. The predicted molar refractivity (Wildman–Crippen MR) is 68.9 cm³/mol. The monoisotopic (exact) mass is 219 g/mol. The van der Waals surface area contributed by atoms with Gasteiger partial charge in [0.25, 0.3) is 0 Å².